The Labute approximate surface area is 119 Å². The summed E-state index contributed by atoms with van der Waals surface area (Å²) >= 11 is 0. The van der Waals surface area contributed by atoms with Gasteiger partial charge in [0.15, 0.2) is 0 Å². The van der Waals surface area contributed by atoms with Gasteiger partial charge in [-0.3, -0.25) is 4.68 Å². The van der Waals surface area contributed by atoms with E-state index in [0.29, 0.717) is 12.5 Å². The molecule has 20 heavy (non-hydrogen) atoms. The Morgan fingerprint density at radius 2 is 2.05 bits per heavy atom. The Balaban J connectivity index is 1.52. The average Bonchev–Trinajstić information content (AvgIpc) is 3.25. The third kappa shape index (κ3) is 3.02. The number of ether oxygens (including phenoxy) is 1. The van der Waals surface area contributed by atoms with E-state index >= 15 is 0 Å². The number of rotatable bonds is 7. The van der Waals surface area contributed by atoms with Crippen LogP contribution in [0.15, 0.2) is 36.5 Å². The summed E-state index contributed by atoms with van der Waals surface area (Å²) in [6.07, 6.45) is 5.16. The van der Waals surface area contributed by atoms with Gasteiger partial charge in [-0.2, -0.15) is 5.10 Å². The summed E-state index contributed by atoms with van der Waals surface area (Å²) in [5.41, 5.74) is 2.21. The van der Waals surface area contributed by atoms with Gasteiger partial charge in [0, 0.05) is 30.1 Å². The van der Waals surface area contributed by atoms with E-state index in [1.807, 2.05) is 35.0 Å². The van der Waals surface area contributed by atoms with Crippen LogP contribution < -0.4 is 4.74 Å². The molecule has 2 aromatic rings. The van der Waals surface area contributed by atoms with Crippen molar-refractivity contribution in [2.75, 3.05) is 6.61 Å². The minimum Gasteiger partial charge on any atom is -0.494 e. The molecule has 4 nitrogen and oxygen atoms in total. The summed E-state index contributed by atoms with van der Waals surface area (Å²) in [4.78, 5) is 0. The summed E-state index contributed by atoms with van der Waals surface area (Å²) in [7, 11) is 0. The minimum absolute atomic E-state index is 0.0896. The molecule has 0 unspecified atom stereocenters. The van der Waals surface area contributed by atoms with Gasteiger partial charge in [0.2, 0.25) is 0 Å². The first-order valence-corrected chi connectivity index (χ1v) is 7.22. The minimum atomic E-state index is 0.0896. The maximum absolute atomic E-state index is 9.35. The molecule has 0 aliphatic heterocycles. The maximum atomic E-state index is 9.35. The van der Waals surface area contributed by atoms with Crippen molar-refractivity contribution in [3.05, 3.63) is 47.8 Å². The van der Waals surface area contributed by atoms with Crippen LogP contribution in [-0.2, 0) is 13.2 Å². The summed E-state index contributed by atoms with van der Waals surface area (Å²) in [5.74, 6) is 1.51. The van der Waals surface area contributed by atoms with E-state index in [9.17, 15) is 5.11 Å². The van der Waals surface area contributed by atoms with Gasteiger partial charge in [-0.25, -0.2) is 0 Å². The lowest BCUT2D eigenvalue weighted by atomic mass is 10.2. The van der Waals surface area contributed by atoms with Gasteiger partial charge >= 0.3 is 0 Å². The van der Waals surface area contributed by atoms with E-state index in [1.54, 1.807) is 6.20 Å². The van der Waals surface area contributed by atoms with Crippen molar-refractivity contribution >= 4 is 0 Å². The molecule has 1 fully saturated rings. The predicted octanol–water partition coefficient (Wildman–Crippen LogP) is 2.72. The lowest BCUT2D eigenvalue weighted by Crippen LogP contribution is -2.09. The molecule has 4 heteroatoms. The van der Waals surface area contributed by atoms with Crippen LogP contribution in [0.4, 0.5) is 0 Å². The fraction of sp³-hybridized carbons (Fsp3) is 0.438. The molecule has 1 aromatic heterocycles. The molecule has 106 valence electrons. The maximum Gasteiger partial charge on any atom is 0.119 e. The molecule has 1 saturated carbocycles. The second-order valence-corrected chi connectivity index (χ2v) is 5.23. The molecule has 0 amide bonds. The van der Waals surface area contributed by atoms with Crippen molar-refractivity contribution in [2.45, 2.75) is 38.3 Å². The van der Waals surface area contributed by atoms with Crippen LogP contribution in [0.25, 0.3) is 0 Å². The van der Waals surface area contributed by atoms with Gasteiger partial charge in [-0.1, -0.05) is 18.2 Å². The van der Waals surface area contributed by atoms with Crippen molar-refractivity contribution in [2.24, 2.45) is 0 Å². The Morgan fingerprint density at radius 1 is 1.25 bits per heavy atom. The van der Waals surface area contributed by atoms with Crippen LogP contribution in [0.2, 0.25) is 0 Å². The quantitative estimate of drug-likeness (QED) is 0.788. The van der Waals surface area contributed by atoms with Crippen molar-refractivity contribution in [1.82, 2.24) is 9.78 Å². The molecule has 1 N–H and O–H groups in total. The van der Waals surface area contributed by atoms with Gasteiger partial charge in [0.1, 0.15) is 5.75 Å². The first kappa shape index (κ1) is 13.2. The molecule has 0 spiro atoms. The van der Waals surface area contributed by atoms with Crippen LogP contribution in [0.1, 0.15) is 36.4 Å². The van der Waals surface area contributed by atoms with Crippen molar-refractivity contribution in [3.8, 4) is 5.75 Å². The lowest BCUT2D eigenvalue weighted by molar-refractivity contribution is 0.279. The molecule has 0 saturated heterocycles. The van der Waals surface area contributed by atoms with E-state index < -0.39 is 0 Å². The molecule has 1 aromatic carbocycles. The third-order valence-electron chi connectivity index (χ3n) is 3.62. The molecule has 3 rings (SSSR count). The average molecular weight is 272 g/mol. The molecule has 1 aliphatic rings. The van der Waals surface area contributed by atoms with E-state index in [1.165, 1.54) is 18.5 Å². The molecular weight excluding hydrogens is 252 g/mol. The number of aryl methyl sites for hydroxylation is 1. The number of para-hydroxylation sites is 1. The van der Waals surface area contributed by atoms with Crippen LogP contribution in [0.5, 0.6) is 5.75 Å². The highest BCUT2D eigenvalue weighted by molar-refractivity contribution is 5.25. The zero-order valence-corrected chi connectivity index (χ0v) is 11.5. The standard InChI is InChI=1S/C16H20N2O2/c19-12-14-11-17-18(16(14)13-7-8-13)9-4-10-20-15-5-2-1-3-6-15/h1-3,5-6,11,13,19H,4,7-10,12H2. The monoisotopic (exact) mass is 272 g/mol. The summed E-state index contributed by atoms with van der Waals surface area (Å²) in [6.45, 7) is 1.62. The number of aliphatic hydroxyl groups is 1. The zero-order chi connectivity index (χ0) is 13.8. The van der Waals surface area contributed by atoms with Gasteiger partial charge in [-0.05, 0) is 25.0 Å². The van der Waals surface area contributed by atoms with Crippen molar-refractivity contribution in [1.29, 1.82) is 0 Å². The summed E-state index contributed by atoms with van der Waals surface area (Å²) < 4.78 is 7.73. The largest absolute Gasteiger partial charge is 0.494 e. The summed E-state index contributed by atoms with van der Waals surface area (Å²) in [5, 5.41) is 13.7. The number of aliphatic hydroxyl groups excluding tert-OH is 1. The Hall–Kier alpha value is -1.81. The van der Waals surface area contributed by atoms with Crippen LogP contribution in [0.3, 0.4) is 0 Å². The Kier molecular flexibility index (Phi) is 4.02. The second kappa shape index (κ2) is 6.09. The molecule has 0 atom stereocenters. The van der Waals surface area contributed by atoms with Gasteiger partial charge < -0.3 is 9.84 Å². The highest BCUT2D eigenvalue weighted by atomic mass is 16.5. The van der Waals surface area contributed by atoms with Crippen LogP contribution in [0, 0.1) is 0 Å². The van der Waals surface area contributed by atoms with Gasteiger partial charge in [0.25, 0.3) is 0 Å². The molecular formula is C16H20N2O2. The molecule has 0 bridgehead atoms. The Morgan fingerprint density at radius 3 is 2.75 bits per heavy atom. The van der Waals surface area contributed by atoms with Crippen molar-refractivity contribution in [3.63, 3.8) is 0 Å². The topological polar surface area (TPSA) is 47.3 Å². The van der Waals surface area contributed by atoms with E-state index in [4.69, 9.17) is 4.74 Å². The molecule has 1 heterocycles. The van der Waals surface area contributed by atoms with E-state index in [0.717, 1.165) is 24.3 Å². The molecule has 1 aliphatic carbocycles. The number of hydrogen-bond donors (Lipinski definition) is 1. The number of hydrogen-bond acceptors (Lipinski definition) is 3. The van der Waals surface area contributed by atoms with Crippen LogP contribution in [-0.4, -0.2) is 21.5 Å². The van der Waals surface area contributed by atoms with Crippen molar-refractivity contribution < 1.29 is 9.84 Å². The first-order chi connectivity index (χ1) is 9.88. The third-order valence-corrected chi connectivity index (χ3v) is 3.62. The SMILES string of the molecule is OCc1cnn(CCCOc2ccccc2)c1C1CC1. The fourth-order valence-corrected chi connectivity index (χ4v) is 2.48. The Bertz CT molecular complexity index is 547. The normalized spacial score (nSPS) is 14.4. The van der Waals surface area contributed by atoms with Gasteiger partial charge in [-0.15, -0.1) is 0 Å². The zero-order valence-electron chi connectivity index (χ0n) is 11.5. The highest BCUT2D eigenvalue weighted by Gasteiger charge is 2.29. The second-order valence-electron chi connectivity index (χ2n) is 5.23. The van der Waals surface area contributed by atoms with Gasteiger partial charge in [0.05, 0.1) is 19.4 Å². The number of benzene rings is 1. The molecule has 0 radical (unpaired) electrons. The fourth-order valence-electron chi connectivity index (χ4n) is 2.48. The summed E-state index contributed by atoms with van der Waals surface area (Å²) in [6, 6.07) is 9.86. The first-order valence-electron chi connectivity index (χ1n) is 7.22. The number of aromatic nitrogens is 2. The number of nitrogens with zero attached hydrogens (tertiary/aromatic N) is 2. The van der Waals surface area contributed by atoms with Crippen LogP contribution >= 0.6 is 0 Å². The van der Waals surface area contributed by atoms with E-state index in [2.05, 4.69) is 5.10 Å². The predicted molar refractivity (Wildman–Crippen MR) is 76.7 cm³/mol. The lowest BCUT2D eigenvalue weighted by Gasteiger charge is -2.09. The smallest absolute Gasteiger partial charge is 0.119 e. The highest BCUT2D eigenvalue weighted by Crippen LogP contribution is 2.41. The van der Waals surface area contributed by atoms with E-state index in [-0.39, 0.29) is 6.61 Å².